The van der Waals surface area contributed by atoms with Crippen molar-refractivity contribution >= 4 is 17.3 Å². The van der Waals surface area contributed by atoms with Gasteiger partial charge in [-0.25, -0.2) is 13.8 Å². The fourth-order valence-electron chi connectivity index (χ4n) is 2.21. The van der Waals surface area contributed by atoms with Crippen LogP contribution < -0.4 is 5.73 Å². The van der Waals surface area contributed by atoms with E-state index in [4.69, 9.17) is 5.73 Å². The average Bonchev–Trinajstić information content (AvgIpc) is 2.79. The molecule has 1 aromatic carbocycles. The van der Waals surface area contributed by atoms with E-state index in [0.29, 0.717) is 11.8 Å². The first-order valence-electron chi connectivity index (χ1n) is 6.18. The first-order chi connectivity index (χ1) is 9.87. The van der Waals surface area contributed by atoms with Crippen LogP contribution >= 0.6 is 11.3 Å². The highest BCUT2D eigenvalue weighted by molar-refractivity contribution is 7.09. The van der Waals surface area contributed by atoms with Gasteiger partial charge in [-0.15, -0.1) is 11.3 Å². The van der Waals surface area contributed by atoms with E-state index < -0.39 is 23.0 Å². The molecule has 3 N–H and O–H groups in total. The summed E-state index contributed by atoms with van der Waals surface area (Å²) in [4.78, 5) is 15.9. The Morgan fingerprint density at radius 3 is 2.43 bits per heavy atom. The largest absolute Gasteiger partial charge is 0.481 e. The van der Waals surface area contributed by atoms with Crippen LogP contribution in [-0.4, -0.2) is 22.6 Å². The number of hydrogen-bond donors (Lipinski definition) is 2. The van der Waals surface area contributed by atoms with Gasteiger partial charge in [0.25, 0.3) is 0 Å². The summed E-state index contributed by atoms with van der Waals surface area (Å²) in [7, 11) is 0. The number of benzene rings is 1. The minimum absolute atomic E-state index is 0.000605. The Balaban J connectivity index is 2.52. The van der Waals surface area contributed by atoms with E-state index in [1.165, 1.54) is 11.3 Å². The van der Waals surface area contributed by atoms with Crippen molar-refractivity contribution in [2.75, 3.05) is 6.54 Å². The lowest BCUT2D eigenvalue weighted by Crippen LogP contribution is -2.45. The summed E-state index contributed by atoms with van der Waals surface area (Å²) in [5.41, 5.74) is 4.58. The van der Waals surface area contributed by atoms with Crippen molar-refractivity contribution in [1.82, 2.24) is 4.98 Å². The van der Waals surface area contributed by atoms with Gasteiger partial charge in [-0.05, 0) is 24.6 Å². The molecule has 1 unspecified atom stereocenters. The molecule has 0 radical (unpaired) electrons. The lowest BCUT2D eigenvalue weighted by Gasteiger charge is -2.28. The van der Waals surface area contributed by atoms with Gasteiger partial charge in [0.1, 0.15) is 17.0 Å². The molecule has 112 valence electrons. The molecule has 0 aliphatic rings. The number of halogens is 2. The Bertz CT molecular complexity index is 654. The lowest BCUT2D eigenvalue weighted by atomic mass is 9.76. The predicted molar refractivity (Wildman–Crippen MR) is 75.3 cm³/mol. The van der Waals surface area contributed by atoms with Crippen LogP contribution in [0.2, 0.25) is 0 Å². The fourth-order valence-corrected chi connectivity index (χ4v) is 2.82. The molecule has 0 saturated carbocycles. The van der Waals surface area contributed by atoms with E-state index >= 15 is 0 Å². The van der Waals surface area contributed by atoms with Crippen molar-refractivity contribution in [1.29, 1.82) is 0 Å². The quantitative estimate of drug-likeness (QED) is 0.888. The van der Waals surface area contributed by atoms with Gasteiger partial charge in [0.05, 0.1) is 10.7 Å². The molecule has 0 fully saturated rings. The monoisotopic (exact) mass is 312 g/mol. The fraction of sp³-hybridized carbons (Fsp3) is 0.286. The second-order valence-electron chi connectivity index (χ2n) is 4.78. The number of nitrogens with zero attached hydrogens (tertiary/aromatic N) is 1. The predicted octanol–water partition coefficient (Wildman–Crippen LogP) is 2.25. The van der Waals surface area contributed by atoms with E-state index in [9.17, 15) is 18.7 Å². The number of carboxylic acids is 1. The molecule has 2 aromatic rings. The minimum Gasteiger partial charge on any atom is -0.481 e. The number of carboxylic acid groups (broad SMARTS) is 1. The molecule has 0 aliphatic carbocycles. The number of nitrogens with two attached hydrogens (primary N) is 1. The molecule has 0 bridgehead atoms. The summed E-state index contributed by atoms with van der Waals surface area (Å²) in [6, 6.07) is 2.70. The van der Waals surface area contributed by atoms with E-state index in [1.807, 2.05) is 0 Å². The third-order valence-corrected chi connectivity index (χ3v) is 4.14. The summed E-state index contributed by atoms with van der Waals surface area (Å²) in [5, 5.41) is 12.1. The second kappa shape index (κ2) is 5.87. The van der Waals surface area contributed by atoms with Gasteiger partial charge in [0.2, 0.25) is 0 Å². The normalized spacial score (nSPS) is 13.9. The van der Waals surface area contributed by atoms with Crippen molar-refractivity contribution in [2.45, 2.75) is 18.8 Å². The first-order valence-corrected chi connectivity index (χ1v) is 7.06. The van der Waals surface area contributed by atoms with Crippen LogP contribution in [0.5, 0.6) is 0 Å². The molecule has 4 nitrogen and oxygen atoms in total. The molecule has 0 spiro atoms. The zero-order chi connectivity index (χ0) is 15.6. The van der Waals surface area contributed by atoms with E-state index in [1.54, 1.807) is 12.3 Å². The van der Waals surface area contributed by atoms with Crippen LogP contribution in [0.4, 0.5) is 8.78 Å². The van der Waals surface area contributed by atoms with Crippen molar-refractivity contribution in [3.8, 4) is 0 Å². The molecule has 0 aliphatic heterocycles. The Hall–Kier alpha value is -1.86. The smallest absolute Gasteiger partial charge is 0.315 e. The standard InChI is InChI=1S/C14H14F2N2O2S/c1-8-18-12(6-21-8)5-14(7-17,13(19)20)9-2-10(15)4-11(16)3-9/h2-4,6H,5,7,17H2,1H3,(H,19,20). The maximum atomic E-state index is 13.4. The number of thiazole rings is 1. The van der Waals surface area contributed by atoms with Gasteiger partial charge >= 0.3 is 5.97 Å². The van der Waals surface area contributed by atoms with Gasteiger partial charge in [0.15, 0.2) is 0 Å². The topological polar surface area (TPSA) is 76.2 Å². The molecule has 0 saturated heterocycles. The van der Waals surface area contributed by atoms with Crippen LogP contribution in [0, 0.1) is 18.6 Å². The second-order valence-corrected chi connectivity index (χ2v) is 5.85. The zero-order valence-corrected chi connectivity index (χ0v) is 12.1. The van der Waals surface area contributed by atoms with E-state index in [-0.39, 0.29) is 18.5 Å². The average molecular weight is 312 g/mol. The molecule has 21 heavy (non-hydrogen) atoms. The highest BCUT2D eigenvalue weighted by Crippen LogP contribution is 2.30. The Labute approximate surface area is 124 Å². The maximum absolute atomic E-state index is 13.4. The van der Waals surface area contributed by atoms with Crippen LogP contribution in [0.25, 0.3) is 0 Å². The maximum Gasteiger partial charge on any atom is 0.315 e. The lowest BCUT2D eigenvalue weighted by molar-refractivity contribution is -0.143. The summed E-state index contributed by atoms with van der Waals surface area (Å²) < 4.78 is 26.8. The molecule has 1 heterocycles. The number of hydrogen-bond acceptors (Lipinski definition) is 4. The molecule has 7 heteroatoms. The zero-order valence-electron chi connectivity index (χ0n) is 11.3. The van der Waals surface area contributed by atoms with Gasteiger partial charge in [0, 0.05) is 24.4 Å². The molecular formula is C14H14F2N2O2S. The Kier molecular flexibility index (Phi) is 4.34. The Morgan fingerprint density at radius 1 is 1.38 bits per heavy atom. The van der Waals surface area contributed by atoms with Gasteiger partial charge < -0.3 is 10.8 Å². The van der Waals surface area contributed by atoms with Crippen molar-refractivity contribution < 1.29 is 18.7 Å². The molecule has 0 amide bonds. The third kappa shape index (κ3) is 3.08. The van der Waals surface area contributed by atoms with Crippen LogP contribution in [-0.2, 0) is 16.6 Å². The first kappa shape index (κ1) is 15.5. The highest BCUT2D eigenvalue weighted by Gasteiger charge is 2.40. The minimum atomic E-state index is -1.61. The van der Waals surface area contributed by atoms with E-state index in [0.717, 1.165) is 17.1 Å². The van der Waals surface area contributed by atoms with Crippen LogP contribution in [0.3, 0.4) is 0 Å². The highest BCUT2D eigenvalue weighted by atomic mass is 32.1. The summed E-state index contributed by atoms with van der Waals surface area (Å²) >= 11 is 1.38. The summed E-state index contributed by atoms with van der Waals surface area (Å²) in [5.74, 6) is -2.90. The Morgan fingerprint density at radius 2 is 2.00 bits per heavy atom. The van der Waals surface area contributed by atoms with Crippen molar-refractivity contribution in [3.05, 3.63) is 51.5 Å². The number of aromatic nitrogens is 1. The molecular weight excluding hydrogens is 298 g/mol. The molecule has 2 rings (SSSR count). The SMILES string of the molecule is Cc1nc(CC(CN)(C(=O)O)c2cc(F)cc(F)c2)cs1. The van der Waals surface area contributed by atoms with E-state index in [2.05, 4.69) is 4.98 Å². The van der Waals surface area contributed by atoms with Crippen LogP contribution in [0.15, 0.2) is 23.6 Å². The third-order valence-electron chi connectivity index (χ3n) is 3.32. The molecule has 1 atom stereocenters. The number of aryl methyl sites for hydroxylation is 1. The van der Waals surface area contributed by atoms with Gasteiger partial charge in [-0.2, -0.15) is 0 Å². The number of carbonyl (C=O) groups is 1. The van der Waals surface area contributed by atoms with Crippen molar-refractivity contribution in [2.24, 2.45) is 5.73 Å². The molecule has 1 aromatic heterocycles. The summed E-state index contributed by atoms with van der Waals surface area (Å²) in [6.45, 7) is 1.50. The number of rotatable bonds is 5. The van der Waals surface area contributed by atoms with Gasteiger partial charge in [-0.1, -0.05) is 0 Å². The summed E-state index contributed by atoms with van der Waals surface area (Å²) in [6.07, 6.45) is -0.0218. The van der Waals surface area contributed by atoms with Crippen molar-refractivity contribution in [3.63, 3.8) is 0 Å². The number of aliphatic carboxylic acids is 1. The van der Waals surface area contributed by atoms with Crippen LogP contribution in [0.1, 0.15) is 16.3 Å². The van der Waals surface area contributed by atoms with Gasteiger partial charge in [-0.3, -0.25) is 4.79 Å².